The van der Waals surface area contributed by atoms with Crippen LogP contribution in [0.5, 0.6) is 0 Å². The van der Waals surface area contributed by atoms with Crippen LogP contribution in [0.3, 0.4) is 0 Å². The van der Waals surface area contributed by atoms with Crippen molar-refractivity contribution in [3.05, 3.63) is 0 Å². The van der Waals surface area contributed by atoms with E-state index >= 15 is 0 Å². The largest absolute Gasteiger partial charge is 0.374 e. The second-order valence-electron chi connectivity index (χ2n) is 6.09. The van der Waals surface area contributed by atoms with Crippen molar-refractivity contribution in [1.82, 2.24) is 5.32 Å². The van der Waals surface area contributed by atoms with Gasteiger partial charge >= 0.3 is 0 Å². The number of rotatable bonds is 4. The molecule has 2 unspecified atom stereocenters. The van der Waals surface area contributed by atoms with E-state index in [1.807, 2.05) is 0 Å². The van der Waals surface area contributed by atoms with Gasteiger partial charge in [0.05, 0.1) is 12.2 Å². The molecule has 1 aliphatic heterocycles. The topological polar surface area (TPSA) is 21.3 Å². The van der Waals surface area contributed by atoms with Crippen molar-refractivity contribution in [3.63, 3.8) is 0 Å². The first kappa shape index (κ1) is 13.4. The molecule has 0 spiro atoms. The Labute approximate surface area is 107 Å². The van der Waals surface area contributed by atoms with Crippen LogP contribution in [-0.4, -0.2) is 24.8 Å². The molecule has 17 heavy (non-hydrogen) atoms. The van der Waals surface area contributed by atoms with Crippen molar-refractivity contribution < 1.29 is 4.74 Å². The molecular formula is C15H29NO. The van der Waals surface area contributed by atoms with E-state index in [1.54, 1.807) is 0 Å². The Kier molecular flexibility index (Phi) is 5.30. The van der Waals surface area contributed by atoms with Crippen LogP contribution in [-0.2, 0) is 4.74 Å². The minimum absolute atomic E-state index is 0.471. The number of ether oxygens (including phenoxy) is 1. The molecule has 2 fully saturated rings. The van der Waals surface area contributed by atoms with Gasteiger partial charge in [-0.1, -0.05) is 25.7 Å². The second-order valence-corrected chi connectivity index (χ2v) is 6.09. The highest BCUT2D eigenvalue weighted by molar-refractivity contribution is 4.78. The molecule has 2 heteroatoms. The van der Waals surface area contributed by atoms with Crippen LogP contribution in [0.4, 0.5) is 0 Å². The van der Waals surface area contributed by atoms with Crippen molar-refractivity contribution in [1.29, 1.82) is 0 Å². The van der Waals surface area contributed by atoms with E-state index in [1.165, 1.54) is 51.4 Å². The molecule has 3 atom stereocenters. The van der Waals surface area contributed by atoms with Gasteiger partial charge in [-0.05, 0) is 45.4 Å². The van der Waals surface area contributed by atoms with Crippen molar-refractivity contribution in [2.24, 2.45) is 5.92 Å². The van der Waals surface area contributed by atoms with Gasteiger partial charge in [-0.3, -0.25) is 0 Å². The molecule has 0 bridgehead atoms. The first-order valence-corrected chi connectivity index (χ1v) is 7.64. The van der Waals surface area contributed by atoms with Gasteiger partial charge in [0.1, 0.15) is 0 Å². The third-order valence-corrected chi connectivity index (χ3v) is 4.59. The Morgan fingerprint density at radius 1 is 1.06 bits per heavy atom. The highest BCUT2D eigenvalue weighted by Gasteiger charge is 2.24. The Morgan fingerprint density at radius 2 is 1.76 bits per heavy atom. The fraction of sp³-hybridized carbons (Fsp3) is 1.00. The zero-order chi connectivity index (χ0) is 12.1. The lowest BCUT2D eigenvalue weighted by Crippen LogP contribution is -2.38. The maximum absolute atomic E-state index is 5.86. The Hall–Kier alpha value is -0.0800. The molecule has 0 aromatic heterocycles. The van der Waals surface area contributed by atoms with Crippen LogP contribution in [0, 0.1) is 5.92 Å². The van der Waals surface area contributed by atoms with E-state index < -0.39 is 0 Å². The quantitative estimate of drug-likeness (QED) is 0.758. The summed E-state index contributed by atoms with van der Waals surface area (Å²) in [6, 6.07) is 0.674. The predicted molar refractivity (Wildman–Crippen MR) is 72.2 cm³/mol. The van der Waals surface area contributed by atoms with Gasteiger partial charge in [0.25, 0.3) is 0 Å². The summed E-state index contributed by atoms with van der Waals surface area (Å²) >= 11 is 0. The maximum atomic E-state index is 5.86. The molecule has 1 saturated heterocycles. The van der Waals surface area contributed by atoms with E-state index in [9.17, 15) is 0 Å². The Balaban J connectivity index is 1.67. The summed E-state index contributed by atoms with van der Waals surface area (Å²) in [6.45, 7) is 5.62. The van der Waals surface area contributed by atoms with Crippen LogP contribution in [0.25, 0.3) is 0 Å². The van der Waals surface area contributed by atoms with Crippen LogP contribution in [0.2, 0.25) is 0 Å². The highest BCUT2D eigenvalue weighted by atomic mass is 16.5. The van der Waals surface area contributed by atoms with Crippen molar-refractivity contribution in [2.75, 3.05) is 6.54 Å². The lowest BCUT2D eigenvalue weighted by molar-refractivity contribution is 0.0531. The summed E-state index contributed by atoms with van der Waals surface area (Å²) in [5, 5.41) is 3.72. The summed E-state index contributed by atoms with van der Waals surface area (Å²) in [6.07, 6.45) is 12.1. The molecule has 1 heterocycles. The van der Waals surface area contributed by atoms with Crippen LogP contribution in [0.15, 0.2) is 0 Å². The lowest BCUT2D eigenvalue weighted by Gasteiger charge is -2.25. The van der Waals surface area contributed by atoms with Crippen molar-refractivity contribution in [3.8, 4) is 0 Å². The van der Waals surface area contributed by atoms with E-state index in [0.29, 0.717) is 18.2 Å². The fourth-order valence-corrected chi connectivity index (χ4v) is 3.33. The molecule has 0 aromatic carbocycles. The first-order chi connectivity index (χ1) is 8.25. The highest BCUT2D eigenvalue weighted by Crippen LogP contribution is 2.26. The molecule has 0 radical (unpaired) electrons. The molecule has 1 aliphatic carbocycles. The minimum atomic E-state index is 0.471. The lowest BCUT2D eigenvalue weighted by atomic mass is 9.93. The van der Waals surface area contributed by atoms with E-state index in [4.69, 9.17) is 4.74 Å². The molecule has 2 aliphatic rings. The molecule has 0 aromatic rings. The molecule has 100 valence electrons. The fourth-order valence-electron chi connectivity index (χ4n) is 3.33. The zero-order valence-corrected chi connectivity index (χ0v) is 11.6. The summed E-state index contributed by atoms with van der Waals surface area (Å²) in [4.78, 5) is 0. The molecule has 0 amide bonds. The van der Waals surface area contributed by atoms with Gasteiger partial charge in [-0.2, -0.15) is 0 Å². The average Bonchev–Trinajstić information content (AvgIpc) is 2.58. The standard InChI is InChI=1S/C15H29NO/c1-12-9-10-15(17-12)11-16-13(2)14-7-5-3-4-6-8-14/h12-16H,3-11H2,1-2H3/t12?,13-,15?/m1/s1. The van der Waals surface area contributed by atoms with Gasteiger partial charge < -0.3 is 10.1 Å². The normalized spacial score (nSPS) is 33.5. The molecule has 2 nitrogen and oxygen atoms in total. The van der Waals surface area contributed by atoms with Crippen molar-refractivity contribution >= 4 is 0 Å². The van der Waals surface area contributed by atoms with E-state index in [0.717, 1.165) is 12.5 Å². The third kappa shape index (κ3) is 4.26. The molecule has 1 N–H and O–H groups in total. The molecular weight excluding hydrogens is 210 g/mol. The number of hydrogen-bond acceptors (Lipinski definition) is 2. The predicted octanol–water partition coefficient (Wildman–Crippen LogP) is 3.50. The van der Waals surface area contributed by atoms with Crippen LogP contribution < -0.4 is 5.32 Å². The summed E-state index contributed by atoms with van der Waals surface area (Å²) in [5.74, 6) is 0.899. The van der Waals surface area contributed by atoms with Crippen LogP contribution in [0.1, 0.15) is 65.2 Å². The summed E-state index contributed by atoms with van der Waals surface area (Å²) in [7, 11) is 0. The van der Waals surface area contributed by atoms with Gasteiger partial charge in [0, 0.05) is 12.6 Å². The summed E-state index contributed by atoms with van der Waals surface area (Å²) < 4.78 is 5.86. The van der Waals surface area contributed by atoms with Crippen molar-refractivity contribution in [2.45, 2.75) is 83.5 Å². The number of hydrogen-bond donors (Lipinski definition) is 1. The molecule has 1 saturated carbocycles. The van der Waals surface area contributed by atoms with Gasteiger partial charge in [-0.15, -0.1) is 0 Å². The van der Waals surface area contributed by atoms with Gasteiger partial charge in [0.15, 0.2) is 0 Å². The smallest absolute Gasteiger partial charge is 0.0704 e. The van der Waals surface area contributed by atoms with E-state index in [-0.39, 0.29) is 0 Å². The first-order valence-electron chi connectivity index (χ1n) is 7.64. The molecule has 2 rings (SSSR count). The third-order valence-electron chi connectivity index (χ3n) is 4.59. The van der Waals surface area contributed by atoms with Crippen LogP contribution >= 0.6 is 0 Å². The Morgan fingerprint density at radius 3 is 2.35 bits per heavy atom. The second kappa shape index (κ2) is 6.75. The zero-order valence-electron chi connectivity index (χ0n) is 11.6. The number of nitrogens with one attached hydrogen (secondary N) is 1. The minimum Gasteiger partial charge on any atom is -0.374 e. The average molecular weight is 239 g/mol. The summed E-state index contributed by atoms with van der Waals surface area (Å²) in [5.41, 5.74) is 0. The monoisotopic (exact) mass is 239 g/mol. The van der Waals surface area contributed by atoms with Gasteiger partial charge in [0.2, 0.25) is 0 Å². The van der Waals surface area contributed by atoms with Gasteiger partial charge in [-0.25, -0.2) is 0 Å². The maximum Gasteiger partial charge on any atom is 0.0704 e. The van der Waals surface area contributed by atoms with E-state index in [2.05, 4.69) is 19.2 Å². The SMILES string of the molecule is CC1CCC(CN[C@H](C)C2CCCCCC2)O1. The Bertz CT molecular complexity index is 211.